The molecular formula is C16H17N3O. The zero-order valence-corrected chi connectivity index (χ0v) is 11.6. The molecule has 0 radical (unpaired) electrons. The average molecular weight is 267 g/mol. The lowest BCUT2D eigenvalue weighted by atomic mass is 10.3. The number of benzene rings is 2. The molecule has 0 aliphatic heterocycles. The first-order valence-corrected chi connectivity index (χ1v) is 6.57. The van der Waals surface area contributed by atoms with E-state index in [0.717, 1.165) is 28.3 Å². The number of nitrogens with zero attached hydrogens (tertiary/aromatic N) is 2. The second-order valence-electron chi connectivity index (χ2n) is 4.63. The van der Waals surface area contributed by atoms with Gasteiger partial charge in [0.25, 0.3) is 0 Å². The maximum absolute atomic E-state index is 5.33. The molecule has 0 atom stereocenters. The quantitative estimate of drug-likeness (QED) is 0.789. The fraction of sp³-hybridized carbons (Fsp3) is 0.188. The van der Waals surface area contributed by atoms with Gasteiger partial charge in [0.05, 0.1) is 30.4 Å². The number of hydrogen-bond acceptors (Lipinski definition) is 3. The third kappa shape index (κ3) is 2.20. The van der Waals surface area contributed by atoms with Gasteiger partial charge in [-0.25, -0.2) is 4.98 Å². The molecule has 3 aromatic rings. The highest BCUT2D eigenvalue weighted by Crippen LogP contribution is 2.24. The van der Waals surface area contributed by atoms with Gasteiger partial charge in [0, 0.05) is 7.05 Å². The van der Waals surface area contributed by atoms with Crippen molar-refractivity contribution in [3.05, 3.63) is 54.4 Å². The number of rotatable bonds is 4. The summed E-state index contributed by atoms with van der Waals surface area (Å²) < 4.78 is 7.44. The molecule has 20 heavy (non-hydrogen) atoms. The minimum absolute atomic E-state index is 0.658. The van der Waals surface area contributed by atoms with E-state index in [9.17, 15) is 0 Å². The molecule has 0 saturated carbocycles. The van der Waals surface area contributed by atoms with Crippen molar-refractivity contribution in [1.82, 2.24) is 9.55 Å². The van der Waals surface area contributed by atoms with Crippen LogP contribution in [0.25, 0.3) is 11.0 Å². The summed E-state index contributed by atoms with van der Waals surface area (Å²) in [5.74, 6) is 1.84. The van der Waals surface area contributed by atoms with E-state index >= 15 is 0 Å². The van der Waals surface area contributed by atoms with Gasteiger partial charge in [-0.1, -0.05) is 24.3 Å². The van der Waals surface area contributed by atoms with Crippen LogP contribution in [0.1, 0.15) is 5.82 Å². The van der Waals surface area contributed by atoms with Gasteiger partial charge in [-0.3, -0.25) is 0 Å². The molecule has 0 aliphatic rings. The minimum atomic E-state index is 0.658. The van der Waals surface area contributed by atoms with E-state index in [1.54, 1.807) is 7.11 Å². The molecule has 1 N–H and O–H groups in total. The largest absolute Gasteiger partial charge is 0.495 e. The first-order chi connectivity index (χ1) is 9.79. The van der Waals surface area contributed by atoms with Crippen LogP contribution >= 0.6 is 0 Å². The number of fused-ring (bicyclic) bond motifs is 1. The molecule has 4 nitrogen and oxygen atoms in total. The maximum Gasteiger partial charge on any atom is 0.141 e. The number of para-hydroxylation sites is 4. The Balaban J connectivity index is 1.85. The Bertz CT molecular complexity index is 733. The molecule has 0 spiro atoms. The van der Waals surface area contributed by atoms with Crippen molar-refractivity contribution >= 4 is 16.7 Å². The number of aromatic nitrogens is 2. The van der Waals surface area contributed by atoms with Crippen LogP contribution < -0.4 is 10.1 Å². The number of ether oxygens (including phenoxy) is 1. The number of anilines is 1. The summed E-state index contributed by atoms with van der Waals surface area (Å²) in [6.45, 7) is 0.658. The summed E-state index contributed by atoms with van der Waals surface area (Å²) in [7, 11) is 3.71. The fourth-order valence-corrected chi connectivity index (χ4v) is 2.32. The third-order valence-electron chi connectivity index (χ3n) is 3.42. The number of hydrogen-bond donors (Lipinski definition) is 1. The van der Waals surface area contributed by atoms with Crippen LogP contribution in [0.2, 0.25) is 0 Å². The Labute approximate surface area is 118 Å². The van der Waals surface area contributed by atoms with Gasteiger partial charge in [0.2, 0.25) is 0 Å². The average Bonchev–Trinajstić information content (AvgIpc) is 2.82. The Morgan fingerprint density at radius 1 is 1.10 bits per heavy atom. The lowest BCUT2D eigenvalue weighted by molar-refractivity contribution is 0.416. The molecule has 0 bridgehead atoms. The van der Waals surface area contributed by atoms with Crippen molar-refractivity contribution in [1.29, 1.82) is 0 Å². The van der Waals surface area contributed by atoms with E-state index in [1.165, 1.54) is 0 Å². The summed E-state index contributed by atoms with van der Waals surface area (Å²) in [4.78, 5) is 4.64. The number of imidazole rings is 1. The number of methoxy groups -OCH3 is 1. The SMILES string of the molecule is COc1ccccc1NCc1nc2ccccc2n1C. The van der Waals surface area contributed by atoms with E-state index < -0.39 is 0 Å². The van der Waals surface area contributed by atoms with Crippen LogP contribution in [0.4, 0.5) is 5.69 Å². The van der Waals surface area contributed by atoms with Gasteiger partial charge in [-0.05, 0) is 24.3 Å². The van der Waals surface area contributed by atoms with Crippen molar-refractivity contribution in [3.8, 4) is 5.75 Å². The smallest absolute Gasteiger partial charge is 0.141 e. The highest BCUT2D eigenvalue weighted by Gasteiger charge is 2.07. The second kappa shape index (κ2) is 5.25. The van der Waals surface area contributed by atoms with Crippen molar-refractivity contribution in [2.45, 2.75) is 6.54 Å². The lowest BCUT2D eigenvalue weighted by Crippen LogP contribution is -2.06. The summed E-state index contributed by atoms with van der Waals surface area (Å²) in [6.07, 6.45) is 0. The van der Waals surface area contributed by atoms with Crippen LogP contribution in [0.3, 0.4) is 0 Å². The van der Waals surface area contributed by atoms with Gasteiger partial charge >= 0.3 is 0 Å². The summed E-state index contributed by atoms with van der Waals surface area (Å²) in [6, 6.07) is 16.0. The molecule has 4 heteroatoms. The monoisotopic (exact) mass is 267 g/mol. The zero-order chi connectivity index (χ0) is 13.9. The topological polar surface area (TPSA) is 39.1 Å². The first-order valence-electron chi connectivity index (χ1n) is 6.57. The first kappa shape index (κ1) is 12.5. The summed E-state index contributed by atoms with van der Waals surface area (Å²) in [5.41, 5.74) is 3.14. The van der Waals surface area contributed by atoms with E-state index in [1.807, 2.05) is 49.5 Å². The van der Waals surface area contributed by atoms with Crippen LogP contribution in [-0.2, 0) is 13.6 Å². The lowest BCUT2D eigenvalue weighted by Gasteiger charge is -2.10. The van der Waals surface area contributed by atoms with E-state index in [-0.39, 0.29) is 0 Å². The van der Waals surface area contributed by atoms with Crippen LogP contribution in [0.5, 0.6) is 5.75 Å². The van der Waals surface area contributed by atoms with Crippen LogP contribution in [-0.4, -0.2) is 16.7 Å². The zero-order valence-electron chi connectivity index (χ0n) is 11.6. The molecule has 3 rings (SSSR count). The molecule has 0 fully saturated rings. The van der Waals surface area contributed by atoms with Gasteiger partial charge in [0.15, 0.2) is 0 Å². The molecule has 0 unspecified atom stereocenters. The van der Waals surface area contributed by atoms with Crippen molar-refractivity contribution in [2.75, 3.05) is 12.4 Å². The van der Waals surface area contributed by atoms with Gasteiger partial charge in [-0.15, -0.1) is 0 Å². The number of aryl methyl sites for hydroxylation is 1. The van der Waals surface area contributed by atoms with Crippen LogP contribution in [0.15, 0.2) is 48.5 Å². The fourth-order valence-electron chi connectivity index (χ4n) is 2.32. The molecule has 2 aromatic carbocycles. The molecule has 0 amide bonds. The molecule has 1 heterocycles. The molecule has 0 saturated heterocycles. The minimum Gasteiger partial charge on any atom is -0.495 e. The van der Waals surface area contributed by atoms with Gasteiger partial charge < -0.3 is 14.6 Å². The van der Waals surface area contributed by atoms with Gasteiger partial charge in [0.1, 0.15) is 11.6 Å². The standard InChI is InChI=1S/C16H17N3O/c1-19-14-9-5-3-7-12(14)18-16(19)11-17-13-8-4-6-10-15(13)20-2/h3-10,17H,11H2,1-2H3. The van der Waals surface area contributed by atoms with E-state index in [4.69, 9.17) is 4.74 Å². The third-order valence-corrected chi connectivity index (χ3v) is 3.42. The van der Waals surface area contributed by atoms with Crippen molar-refractivity contribution in [2.24, 2.45) is 7.05 Å². The van der Waals surface area contributed by atoms with Crippen molar-refractivity contribution < 1.29 is 4.74 Å². The Morgan fingerprint density at radius 2 is 1.85 bits per heavy atom. The Hall–Kier alpha value is -2.49. The molecular weight excluding hydrogens is 250 g/mol. The van der Waals surface area contributed by atoms with Crippen molar-refractivity contribution in [3.63, 3.8) is 0 Å². The van der Waals surface area contributed by atoms with Gasteiger partial charge in [-0.2, -0.15) is 0 Å². The number of nitrogens with one attached hydrogen (secondary N) is 1. The van der Waals surface area contributed by atoms with E-state index in [2.05, 4.69) is 20.9 Å². The maximum atomic E-state index is 5.33. The van der Waals surface area contributed by atoms with Crippen LogP contribution in [0, 0.1) is 0 Å². The highest BCUT2D eigenvalue weighted by molar-refractivity contribution is 5.75. The van der Waals surface area contributed by atoms with E-state index in [0.29, 0.717) is 6.54 Å². The summed E-state index contributed by atoms with van der Waals surface area (Å²) >= 11 is 0. The molecule has 1 aromatic heterocycles. The molecule has 102 valence electrons. The Kier molecular flexibility index (Phi) is 3.29. The second-order valence-corrected chi connectivity index (χ2v) is 4.63. The normalized spacial score (nSPS) is 10.7. The predicted molar refractivity (Wildman–Crippen MR) is 81.0 cm³/mol. The predicted octanol–water partition coefficient (Wildman–Crippen LogP) is 3.19. The molecule has 0 aliphatic carbocycles. The Morgan fingerprint density at radius 3 is 2.65 bits per heavy atom. The highest BCUT2D eigenvalue weighted by atomic mass is 16.5. The summed E-state index contributed by atoms with van der Waals surface area (Å²) in [5, 5.41) is 3.37.